The van der Waals surface area contributed by atoms with Gasteiger partial charge in [-0.1, -0.05) is 41.3 Å². The highest BCUT2D eigenvalue weighted by atomic mass is 32.2. The summed E-state index contributed by atoms with van der Waals surface area (Å²) in [5, 5.41) is 10.4. The second-order valence-corrected chi connectivity index (χ2v) is 7.57. The van der Waals surface area contributed by atoms with Crippen LogP contribution in [0.4, 0.5) is 10.8 Å². The van der Waals surface area contributed by atoms with Gasteiger partial charge in [-0.05, 0) is 36.4 Å². The largest absolute Gasteiger partial charge is 0.457 e. The molecule has 3 rings (SSSR count). The van der Waals surface area contributed by atoms with E-state index in [4.69, 9.17) is 15.2 Å². The summed E-state index contributed by atoms with van der Waals surface area (Å²) in [4.78, 5) is 23.6. The highest BCUT2D eigenvalue weighted by Gasteiger charge is 2.11. The summed E-state index contributed by atoms with van der Waals surface area (Å²) in [6.07, 6.45) is 0. The lowest BCUT2D eigenvalue weighted by atomic mass is 10.3. The number of ether oxygens (including phenoxy) is 2. The minimum absolute atomic E-state index is 0.0213. The Morgan fingerprint density at radius 1 is 1.04 bits per heavy atom. The van der Waals surface area contributed by atoms with E-state index in [2.05, 4.69) is 15.5 Å². The lowest BCUT2D eigenvalue weighted by molar-refractivity contribution is -0.144. The Morgan fingerprint density at radius 3 is 2.43 bits per heavy atom. The predicted molar refractivity (Wildman–Crippen MR) is 108 cm³/mol. The first kappa shape index (κ1) is 19.6. The van der Waals surface area contributed by atoms with E-state index in [1.165, 1.54) is 11.3 Å². The van der Waals surface area contributed by atoms with Crippen LogP contribution < -0.4 is 15.8 Å². The Balaban J connectivity index is 1.40. The summed E-state index contributed by atoms with van der Waals surface area (Å²) in [5.41, 5.74) is 6.03. The van der Waals surface area contributed by atoms with Gasteiger partial charge in [0.05, 0.1) is 5.75 Å². The fraction of sp³-hybridized carbons (Fsp3) is 0.111. The molecule has 8 nitrogen and oxygen atoms in total. The number of nitrogens with zero attached hydrogens (tertiary/aromatic N) is 2. The van der Waals surface area contributed by atoms with Gasteiger partial charge in [0.1, 0.15) is 11.5 Å². The minimum atomic E-state index is -0.527. The van der Waals surface area contributed by atoms with E-state index in [1.54, 1.807) is 24.3 Å². The number of nitrogens with one attached hydrogen (secondary N) is 1. The van der Waals surface area contributed by atoms with Gasteiger partial charge in [0.2, 0.25) is 5.13 Å². The van der Waals surface area contributed by atoms with Crippen LogP contribution in [-0.2, 0) is 14.3 Å². The zero-order valence-electron chi connectivity index (χ0n) is 14.5. The predicted octanol–water partition coefficient (Wildman–Crippen LogP) is 3.19. The van der Waals surface area contributed by atoms with E-state index in [9.17, 15) is 9.59 Å². The van der Waals surface area contributed by atoms with Crippen molar-refractivity contribution in [3.05, 3.63) is 54.6 Å². The Morgan fingerprint density at radius 2 is 1.75 bits per heavy atom. The number of rotatable bonds is 8. The first-order chi connectivity index (χ1) is 13.6. The number of hydrogen-bond donors (Lipinski definition) is 2. The van der Waals surface area contributed by atoms with Crippen molar-refractivity contribution in [1.29, 1.82) is 0 Å². The van der Waals surface area contributed by atoms with Crippen molar-refractivity contribution >= 4 is 45.8 Å². The molecule has 2 aromatic carbocycles. The number of thioether (sulfide) groups is 1. The number of nitrogens with two attached hydrogens (primary N) is 1. The van der Waals surface area contributed by atoms with Crippen molar-refractivity contribution in [2.75, 3.05) is 23.4 Å². The number of aromatic nitrogens is 2. The summed E-state index contributed by atoms with van der Waals surface area (Å²) in [5.74, 6) is 0.425. The Labute approximate surface area is 169 Å². The van der Waals surface area contributed by atoms with E-state index < -0.39 is 11.9 Å². The first-order valence-electron chi connectivity index (χ1n) is 8.09. The fourth-order valence-electron chi connectivity index (χ4n) is 2.02. The summed E-state index contributed by atoms with van der Waals surface area (Å²) >= 11 is 2.33. The molecule has 0 spiro atoms. The lowest BCUT2D eigenvalue weighted by Gasteiger charge is -2.08. The van der Waals surface area contributed by atoms with Crippen LogP contribution in [0.3, 0.4) is 0 Å². The molecule has 0 atom stereocenters. The van der Waals surface area contributed by atoms with Gasteiger partial charge in [-0.25, -0.2) is 0 Å². The molecular weight excluding hydrogens is 400 g/mol. The molecule has 0 bridgehead atoms. The van der Waals surface area contributed by atoms with Gasteiger partial charge in [-0.3, -0.25) is 9.59 Å². The summed E-state index contributed by atoms with van der Waals surface area (Å²) in [6, 6.07) is 16.2. The van der Waals surface area contributed by atoms with Gasteiger partial charge in [-0.15, -0.1) is 10.2 Å². The molecule has 3 N–H and O–H groups in total. The normalized spacial score (nSPS) is 10.3. The summed E-state index contributed by atoms with van der Waals surface area (Å²) < 4.78 is 11.2. The summed E-state index contributed by atoms with van der Waals surface area (Å²) in [7, 11) is 0. The second kappa shape index (κ2) is 9.72. The molecule has 0 aliphatic rings. The molecule has 144 valence electrons. The van der Waals surface area contributed by atoms with E-state index in [1.807, 2.05) is 30.3 Å². The number of hydrogen-bond acceptors (Lipinski definition) is 9. The third-order valence-electron chi connectivity index (χ3n) is 3.22. The molecule has 0 fully saturated rings. The SMILES string of the molecule is Nc1nnc(SCC(=O)OCC(=O)Nc2ccc(Oc3ccccc3)cc2)s1. The average Bonchev–Trinajstić information content (AvgIpc) is 3.12. The van der Waals surface area contributed by atoms with Crippen molar-refractivity contribution in [1.82, 2.24) is 10.2 Å². The van der Waals surface area contributed by atoms with Gasteiger partial charge in [0.15, 0.2) is 10.9 Å². The quantitative estimate of drug-likeness (QED) is 0.425. The van der Waals surface area contributed by atoms with E-state index in [0.717, 1.165) is 17.5 Å². The van der Waals surface area contributed by atoms with Crippen LogP contribution in [0.1, 0.15) is 0 Å². The molecule has 0 radical (unpaired) electrons. The number of amides is 1. The fourth-order valence-corrected chi connectivity index (χ4v) is 3.45. The molecule has 0 unspecified atom stereocenters. The monoisotopic (exact) mass is 416 g/mol. The number of benzene rings is 2. The molecule has 0 saturated heterocycles. The Kier molecular flexibility index (Phi) is 6.82. The van der Waals surface area contributed by atoms with E-state index in [-0.39, 0.29) is 12.4 Å². The Hall–Kier alpha value is -3.11. The highest BCUT2D eigenvalue weighted by Crippen LogP contribution is 2.24. The molecule has 0 aliphatic carbocycles. The molecule has 3 aromatic rings. The van der Waals surface area contributed by atoms with Crippen molar-refractivity contribution in [2.24, 2.45) is 0 Å². The molecule has 28 heavy (non-hydrogen) atoms. The van der Waals surface area contributed by atoms with Gasteiger partial charge in [-0.2, -0.15) is 0 Å². The molecule has 10 heteroatoms. The zero-order valence-corrected chi connectivity index (χ0v) is 16.2. The standard InChI is InChI=1S/C18H16N4O4S2/c19-17-21-22-18(28-17)27-11-16(24)25-10-15(23)20-12-6-8-14(9-7-12)26-13-4-2-1-3-5-13/h1-9H,10-11H2,(H2,19,21)(H,20,23). The maximum Gasteiger partial charge on any atom is 0.316 e. The molecule has 0 saturated carbocycles. The van der Waals surface area contributed by atoms with Crippen LogP contribution in [0.25, 0.3) is 0 Å². The maximum atomic E-state index is 11.9. The van der Waals surface area contributed by atoms with Crippen molar-refractivity contribution in [3.63, 3.8) is 0 Å². The van der Waals surface area contributed by atoms with Crippen molar-refractivity contribution in [2.45, 2.75) is 4.34 Å². The number of carbonyl (C=O) groups is 2. The van der Waals surface area contributed by atoms with Crippen LogP contribution in [0, 0.1) is 0 Å². The van der Waals surface area contributed by atoms with Crippen LogP contribution in [-0.4, -0.2) is 34.4 Å². The molecule has 1 amide bonds. The van der Waals surface area contributed by atoms with E-state index in [0.29, 0.717) is 20.9 Å². The summed E-state index contributed by atoms with van der Waals surface area (Å²) in [6.45, 7) is -0.375. The van der Waals surface area contributed by atoms with Gasteiger partial charge >= 0.3 is 5.97 Å². The first-order valence-corrected chi connectivity index (χ1v) is 9.89. The van der Waals surface area contributed by atoms with Gasteiger partial charge in [0, 0.05) is 5.69 Å². The number of para-hydroxylation sites is 1. The van der Waals surface area contributed by atoms with Crippen LogP contribution in [0.5, 0.6) is 11.5 Å². The van der Waals surface area contributed by atoms with Crippen LogP contribution >= 0.6 is 23.1 Å². The molecular formula is C18H16N4O4S2. The number of esters is 1. The number of carbonyl (C=O) groups excluding carboxylic acids is 2. The van der Waals surface area contributed by atoms with Crippen LogP contribution in [0.2, 0.25) is 0 Å². The smallest absolute Gasteiger partial charge is 0.316 e. The Bertz CT molecular complexity index is 932. The maximum absolute atomic E-state index is 11.9. The number of nitrogen functional groups attached to an aromatic ring is 1. The minimum Gasteiger partial charge on any atom is -0.457 e. The lowest BCUT2D eigenvalue weighted by Crippen LogP contribution is -2.21. The number of anilines is 2. The molecule has 0 aliphatic heterocycles. The van der Waals surface area contributed by atoms with Gasteiger partial charge in [0.25, 0.3) is 5.91 Å². The van der Waals surface area contributed by atoms with Crippen molar-refractivity contribution in [3.8, 4) is 11.5 Å². The zero-order chi connectivity index (χ0) is 19.8. The highest BCUT2D eigenvalue weighted by molar-refractivity contribution is 8.01. The molecule has 1 aromatic heterocycles. The van der Waals surface area contributed by atoms with Gasteiger partial charge < -0.3 is 20.5 Å². The topological polar surface area (TPSA) is 116 Å². The van der Waals surface area contributed by atoms with E-state index >= 15 is 0 Å². The average molecular weight is 416 g/mol. The molecule has 1 heterocycles. The van der Waals surface area contributed by atoms with Crippen LogP contribution in [0.15, 0.2) is 58.9 Å². The van der Waals surface area contributed by atoms with Crippen molar-refractivity contribution < 1.29 is 19.1 Å². The second-order valence-electron chi connectivity index (χ2n) is 5.34. The third kappa shape index (κ3) is 6.25. The third-order valence-corrected chi connectivity index (χ3v) is 5.08.